The number of thiophene rings is 1. The number of nitrogens with zero attached hydrogens (tertiary/aromatic N) is 2. The van der Waals surface area contributed by atoms with Crippen LogP contribution in [-0.4, -0.2) is 39.9 Å². The van der Waals surface area contributed by atoms with Crippen LogP contribution in [0.15, 0.2) is 12.1 Å². The van der Waals surface area contributed by atoms with E-state index >= 15 is 0 Å². The van der Waals surface area contributed by atoms with Crippen LogP contribution in [0, 0.1) is 16.0 Å². The van der Waals surface area contributed by atoms with Gasteiger partial charge < -0.3 is 10.0 Å². The van der Waals surface area contributed by atoms with Crippen molar-refractivity contribution in [2.75, 3.05) is 13.1 Å². The second-order valence-electron chi connectivity index (χ2n) is 4.75. The molecule has 1 unspecified atom stereocenters. The lowest BCUT2D eigenvalue weighted by Gasteiger charge is -2.31. The monoisotopic (exact) mass is 298 g/mol. The maximum Gasteiger partial charge on any atom is 0.324 e. The van der Waals surface area contributed by atoms with Crippen LogP contribution < -0.4 is 0 Å². The maximum absolute atomic E-state index is 12.2. The first kappa shape index (κ1) is 14.4. The zero-order valence-corrected chi connectivity index (χ0v) is 11.5. The van der Waals surface area contributed by atoms with E-state index in [4.69, 9.17) is 5.11 Å². The van der Waals surface area contributed by atoms with E-state index < -0.39 is 10.9 Å². The van der Waals surface area contributed by atoms with Crippen LogP contribution in [0.1, 0.15) is 28.9 Å². The van der Waals surface area contributed by atoms with Crippen molar-refractivity contribution in [1.82, 2.24) is 4.90 Å². The van der Waals surface area contributed by atoms with Crippen LogP contribution in [0.3, 0.4) is 0 Å². The number of carboxylic acids is 1. The molecule has 1 aromatic rings. The molecule has 1 aliphatic heterocycles. The first-order valence-electron chi connectivity index (χ1n) is 6.22. The Morgan fingerprint density at radius 2 is 2.25 bits per heavy atom. The smallest absolute Gasteiger partial charge is 0.324 e. The van der Waals surface area contributed by atoms with Crippen LogP contribution >= 0.6 is 11.3 Å². The van der Waals surface area contributed by atoms with Crippen LogP contribution in [0.4, 0.5) is 5.00 Å². The van der Waals surface area contributed by atoms with Gasteiger partial charge in [-0.05, 0) is 24.8 Å². The van der Waals surface area contributed by atoms with E-state index in [1.165, 1.54) is 12.1 Å². The largest absolute Gasteiger partial charge is 0.481 e. The molecule has 0 bridgehead atoms. The fourth-order valence-corrected chi connectivity index (χ4v) is 3.15. The molecule has 0 spiro atoms. The summed E-state index contributed by atoms with van der Waals surface area (Å²) in [7, 11) is 0. The number of carboxylic acid groups (broad SMARTS) is 1. The van der Waals surface area contributed by atoms with Gasteiger partial charge in [0.05, 0.1) is 9.80 Å². The lowest BCUT2D eigenvalue weighted by molar-refractivity contribution is -0.380. The molecule has 0 radical (unpaired) electrons. The minimum atomic E-state index is -0.865. The van der Waals surface area contributed by atoms with E-state index in [-0.39, 0.29) is 23.2 Å². The lowest BCUT2D eigenvalue weighted by atomic mass is 9.95. The Bertz CT molecular complexity index is 542. The van der Waals surface area contributed by atoms with Gasteiger partial charge in [0.2, 0.25) is 0 Å². The van der Waals surface area contributed by atoms with Crippen LogP contribution in [0.2, 0.25) is 0 Å². The highest BCUT2D eigenvalue weighted by atomic mass is 32.1. The number of amides is 1. The van der Waals surface area contributed by atoms with Crippen LogP contribution in [-0.2, 0) is 4.79 Å². The van der Waals surface area contributed by atoms with Gasteiger partial charge in [-0.25, -0.2) is 0 Å². The molecular weight excluding hydrogens is 284 g/mol. The van der Waals surface area contributed by atoms with E-state index in [0.717, 1.165) is 24.2 Å². The molecule has 1 aliphatic rings. The number of aliphatic carboxylic acids is 1. The number of carbonyl (C=O) groups excluding carboxylic acids is 1. The molecule has 7 nitrogen and oxygen atoms in total. The highest BCUT2D eigenvalue weighted by Crippen LogP contribution is 2.27. The number of rotatable bonds is 4. The molecule has 2 rings (SSSR count). The summed E-state index contributed by atoms with van der Waals surface area (Å²) < 4.78 is 0. The highest BCUT2D eigenvalue weighted by Gasteiger charge is 2.27. The maximum atomic E-state index is 12.2. The van der Waals surface area contributed by atoms with E-state index in [9.17, 15) is 19.7 Å². The van der Waals surface area contributed by atoms with E-state index in [1.807, 2.05) is 0 Å². The van der Waals surface area contributed by atoms with Crippen molar-refractivity contribution >= 4 is 28.2 Å². The second kappa shape index (κ2) is 6.00. The van der Waals surface area contributed by atoms with Gasteiger partial charge in [-0.15, -0.1) is 0 Å². The summed E-state index contributed by atoms with van der Waals surface area (Å²) in [6, 6.07) is 2.77. The standard InChI is InChI=1S/C12H14N2O5S/c15-11(16)6-8-2-1-5-13(7-8)12(17)9-3-4-10(20-9)14(18)19/h3-4,8H,1-2,5-7H2,(H,15,16). The molecule has 20 heavy (non-hydrogen) atoms. The fourth-order valence-electron chi connectivity index (χ4n) is 2.36. The zero-order valence-electron chi connectivity index (χ0n) is 10.7. The van der Waals surface area contributed by atoms with E-state index in [1.54, 1.807) is 4.90 Å². The van der Waals surface area contributed by atoms with Gasteiger partial charge in [0.1, 0.15) is 0 Å². The Morgan fingerprint density at radius 1 is 1.50 bits per heavy atom. The number of carbonyl (C=O) groups is 2. The average molecular weight is 298 g/mol. The molecule has 0 aromatic carbocycles. The summed E-state index contributed by atoms with van der Waals surface area (Å²) in [6.45, 7) is 0.970. The normalized spacial score (nSPS) is 18.8. The molecular formula is C12H14N2O5S. The van der Waals surface area contributed by atoms with Gasteiger partial charge in [-0.1, -0.05) is 11.3 Å². The minimum Gasteiger partial charge on any atom is -0.481 e. The molecule has 0 saturated carbocycles. The number of hydrogen-bond donors (Lipinski definition) is 1. The first-order chi connectivity index (χ1) is 9.47. The molecule has 8 heteroatoms. The van der Waals surface area contributed by atoms with Gasteiger partial charge in [-0.2, -0.15) is 0 Å². The van der Waals surface area contributed by atoms with Gasteiger partial charge in [-0.3, -0.25) is 19.7 Å². The van der Waals surface area contributed by atoms with Crippen LogP contribution in [0.25, 0.3) is 0 Å². The van der Waals surface area contributed by atoms with E-state index in [0.29, 0.717) is 18.0 Å². The molecule has 1 aromatic heterocycles. The molecule has 1 atom stereocenters. The van der Waals surface area contributed by atoms with Crippen molar-refractivity contribution in [1.29, 1.82) is 0 Å². The highest BCUT2D eigenvalue weighted by molar-refractivity contribution is 7.17. The topological polar surface area (TPSA) is 101 Å². The quantitative estimate of drug-likeness (QED) is 0.676. The average Bonchev–Trinajstić information content (AvgIpc) is 2.87. The second-order valence-corrected chi connectivity index (χ2v) is 5.81. The zero-order chi connectivity index (χ0) is 14.7. The fraction of sp³-hybridized carbons (Fsp3) is 0.500. The van der Waals surface area contributed by atoms with Crippen molar-refractivity contribution in [2.24, 2.45) is 5.92 Å². The first-order valence-corrected chi connectivity index (χ1v) is 7.04. The molecule has 0 aliphatic carbocycles. The Labute approximate surface area is 119 Å². The number of nitro groups is 1. The molecule has 1 amide bonds. The molecule has 1 fully saturated rings. The Kier molecular flexibility index (Phi) is 4.33. The number of hydrogen-bond acceptors (Lipinski definition) is 5. The molecule has 2 heterocycles. The predicted molar refractivity (Wildman–Crippen MR) is 71.9 cm³/mol. The van der Waals surface area contributed by atoms with Gasteiger partial charge >= 0.3 is 11.0 Å². The third kappa shape index (κ3) is 3.32. The SMILES string of the molecule is O=C(O)CC1CCCN(C(=O)c2ccc([N+](=O)[O-])s2)C1. The summed E-state index contributed by atoms with van der Waals surface area (Å²) in [4.78, 5) is 35.0. The Balaban J connectivity index is 2.04. The van der Waals surface area contributed by atoms with Crippen molar-refractivity contribution in [2.45, 2.75) is 19.3 Å². The summed E-state index contributed by atoms with van der Waals surface area (Å²) in [6.07, 6.45) is 1.60. The lowest BCUT2D eigenvalue weighted by Crippen LogP contribution is -2.40. The summed E-state index contributed by atoms with van der Waals surface area (Å²) in [5, 5.41) is 19.3. The number of piperidine rings is 1. The van der Waals surface area contributed by atoms with Crippen molar-refractivity contribution in [3.8, 4) is 0 Å². The third-order valence-corrected chi connectivity index (χ3v) is 4.28. The van der Waals surface area contributed by atoms with E-state index in [2.05, 4.69) is 0 Å². The molecule has 1 saturated heterocycles. The summed E-state index contributed by atoms with van der Waals surface area (Å²) >= 11 is 0.851. The summed E-state index contributed by atoms with van der Waals surface area (Å²) in [5.41, 5.74) is 0. The Morgan fingerprint density at radius 3 is 2.85 bits per heavy atom. The van der Waals surface area contributed by atoms with Crippen molar-refractivity contribution < 1.29 is 19.6 Å². The number of likely N-dealkylation sites (tertiary alicyclic amines) is 1. The van der Waals surface area contributed by atoms with Gasteiger partial charge in [0.25, 0.3) is 5.91 Å². The molecule has 1 N–H and O–H groups in total. The minimum absolute atomic E-state index is 0.0415. The van der Waals surface area contributed by atoms with Crippen molar-refractivity contribution in [3.63, 3.8) is 0 Å². The Hall–Kier alpha value is -1.96. The van der Waals surface area contributed by atoms with Gasteiger partial charge in [0.15, 0.2) is 0 Å². The van der Waals surface area contributed by atoms with Crippen molar-refractivity contribution in [3.05, 3.63) is 27.1 Å². The third-order valence-electron chi connectivity index (χ3n) is 3.25. The predicted octanol–water partition coefficient (Wildman–Crippen LogP) is 1.98. The summed E-state index contributed by atoms with van der Waals surface area (Å²) in [5.74, 6) is -1.16. The van der Waals surface area contributed by atoms with Crippen LogP contribution in [0.5, 0.6) is 0 Å². The van der Waals surface area contributed by atoms with Gasteiger partial charge in [0, 0.05) is 25.6 Å². The molecule has 108 valence electrons.